The number of carbonyl (C=O) groups is 2. The van der Waals surface area contributed by atoms with Crippen LogP contribution in [0.1, 0.15) is 55.8 Å². The van der Waals surface area contributed by atoms with Gasteiger partial charge in [0.15, 0.2) is 0 Å². The molecule has 0 aliphatic carbocycles. The van der Waals surface area contributed by atoms with Gasteiger partial charge in [-0.3, -0.25) is 10.1 Å². The number of ether oxygens (including phenoxy) is 1. The lowest BCUT2D eigenvalue weighted by Gasteiger charge is -2.07. The predicted molar refractivity (Wildman–Crippen MR) is 82.4 cm³/mol. The Hall–Kier alpha value is -2.04. The van der Waals surface area contributed by atoms with Crippen molar-refractivity contribution in [2.24, 2.45) is 5.73 Å². The van der Waals surface area contributed by atoms with E-state index in [1.807, 2.05) is 5.32 Å². The molecule has 0 radical (unpaired) electrons. The normalized spacial score (nSPS) is 10.1. The van der Waals surface area contributed by atoms with E-state index in [1.54, 1.807) is 24.3 Å². The summed E-state index contributed by atoms with van der Waals surface area (Å²) < 4.78 is 5.61. The van der Waals surface area contributed by atoms with Crippen LogP contribution in [-0.2, 0) is 0 Å². The fraction of sp³-hybridized carbons (Fsp3) is 0.500. The van der Waals surface area contributed by atoms with Gasteiger partial charge in [-0.25, -0.2) is 4.79 Å². The molecule has 1 aromatic carbocycles. The van der Waals surface area contributed by atoms with Crippen molar-refractivity contribution in [3.8, 4) is 5.75 Å². The van der Waals surface area contributed by atoms with Gasteiger partial charge in [-0.1, -0.05) is 39.0 Å². The number of primary amides is 1. The van der Waals surface area contributed by atoms with Gasteiger partial charge in [0, 0.05) is 5.56 Å². The van der Waals surface area contributed by atoms with Gasteiger partial charge in [-0.15, -0.1) is 0 Å². The van der Waals surface area contributed by atoms with Gasteiger partial charge in [0.05, 0.1) is 6.61 Å². The molecule has 0 heterocycles. The minimum absolute atomic E-state index is 0.376. The molecule has 0 bridgehead atoms. The number of nitrogens with one attached hydrogen (secondary N) is 1. The molecule has 1 aromatic rings. The van der Waals surface area contributed by atoms with E-state index in [4.69, 9.17) is 10.5 Å². The molecule has 116 valence electrons. The van der Waals surface area contributed by atoms with E-state index in [2.05, 4.69) is 6.92 Å². The van der Waals surface area contributed by atoms with E-state index < -0.39 is 11.9 Å². The number of unbranched alkanes of at least 4 members (excludes halogenated alkanes) is 5. The number of hydrogen-bond donors (Lipinski definition) is 2. The van der Waals surface area contributed by atoms with Crippen LogP contribution in [0.2, 0.25) is 0 Å². The molecule has 0 aliphatic heterocycles. The van der Waals surface area contributed by atoms with Gasteiger partial charge in [-0.2, -0.15) is 0 Å². The lowest BCUT2D eigenvalue weighted by Crippen LogP contribution is -2.34. The van der Waals surface area contributed by atoms with Crippen molar-refractivity contribution in [2.75, 3.05) is 6.61 Å². The van der Waals surface area contributed by atoms with Crippen LogP contribution in [0.4, 0.5) is 4.79 Å². The Morgan fingerprint density at radius 3 is 2.29 bits per heavy atom. The molecule has 1 rings (SSSR count). The number of rotatable bonds is 9. The van der Waals surface area contributed by atoms with Gasteiger partial charge >= 0.3 is 6.03 Å². The maximum absolute atomic E-state index is 11.5. The average molecular weight is 292 g/mol. The Balaban J connectivity index is 2.25. The smallest absolute Gasteiger partial charge is 0.319 e. The number of hydrogen-bond acceptors (Lipinski definition) is 3. The SMILES string of the molecule is CCCCCCCCOc1ccc(C(=O)NC(N)=O)cc1. The highest BCUT2D eigenvalue weighted by atomic mass is 16.5. The molecule has 5 heteroatoms. The summed E-state index contributed by atoms with van der Waals surface area (Å²) in [6, 6.07) is 5.78. The first-order valence-electron chi connectivity index (χ1n) is 7.47. The summed E-state index contributed by atoms with van der Waals surface area (Å²) in [4.78, 5) is 22.1. The fourth-order valence-electron chi connectivity index (χ4n) is 1.96. The zero-order chi connectivity index (χ0) is 15.5. The van der Waals surface area contributed by atoms with E-state index in [1.165, 1.54) is 32.1 Å². The van der Waals surface area contributed by atoms with Crippen LogP contribution in [0.15, 0.2) is 24.3 Å². The molecule has 3 amide bonds. The van der Waals surface area contributed by atoms with Gasteiger partial charge < -0.3 is 10.5 Å². The first-order chi connectivity index (χ1) is 10.1. The standard InChI is InChI=1S/C16H24N2O3/c1-2-3-4-5-6-7-12-21-14-10-8-13(9-11-14)15(19)18-16(17)20/h8-11H,2-7,12H2,1H3,(H3,17,18,19,20). The molecule has 0 fully saturated rings. The van der Waals surface area contributed by atoms with Crippen LogP contribution < -0.4 is 15.8 Å². The summed E-state index contributed by atoms with van der Waals surface area (Å²) in [6.07, 6.45) is 7.32. The summed E-state index contributed by atoms with van der Waals surface area (Å²) in [5, 5.41) is 2.01. The summed E-state index contributed by atoms with van der Waals surface area (Å²) >= 11 is 0. The van der Waals surface area contributed by atoms with Gasteiger partial charge in [-0.05, 0) is 30.7 Å². The molecule has 5 nitrogen and oxygen atoms in total. The Kier molecular flexibility index (Phi) is 7.94. The molecule has 0 saturated carbocycles. The Morgan fingerprint density at radius 2 is 1.67 bits per heavy atom. The monoisotopic (exact) mass is 292 g/mol. The summed E-state index contributed by atoms with van der Waals surface area (Å²) in [5.41, 5.74) is 5.27. The van der Waals surface area contributed by atoms with E-state index in [0.717, 1.165) is 12.2 Å². The van der Waals surface area contributed by atoms with Crippen molar-refractivity contribution < 1.29 is 14.3 Å². The minimum atomic E-state index is -0.858. The van der Waals surface area contributed by atoms with Crippen molar-refractivity contribution in [2.45, 2.75) is 45.4 Å². The molecule has 0 aromatic heterocycles. The van der Waals surface area contributed by atoms with Crippen molar-refractivity contribution in [3.63, 3.8) is 0 Å². The third-order valence-electron chi connectivity index (χ3n) is 3.12. The maximum Gasteiger partial charge on any atom is 0.319 e. The van der Waals surface area contributed by atoms with Crippen LogP contribution in [0.25, 0.3) is 0 Å². The molecule has 0 atom stereocenters. The predicted octanol–water partition coefficient (Wildman–Crippen LogP) is 3.23. The number of nitrogens with two attached hydrogens (primary N) is 1. The van der Waals surface area contributed by atoms with Gasteiger partial charge in [0.1, 0.15) is 5.75 Å². The molecule has 0 unspecified atom stereocenters. The quantitative estimate of drug-likeness (QED) is 0.685. The van der Waals surface area contributed by atoms with E-state index in [-0.39, 0.29) is 0 Å². The Morgan fingerprint density at radius 1 is 1.05 bits per heavy atom. The van der Waals surface area contributed by atoms with Crippen molar-refractivity contribution in [3.05, 3.63) is 29.8 Å². The highest BCUT2D eigenvalue weighted by molar-refractivity contribution is 6.03. The van der Waals surface area contributed by atoms with Crippen LogP contribution in [0.3, 0.4) is 0 Å². The number of urea groups is 1. The molecular formula is C16H24N2O3. The molecular weight excluding hydrogens is 268 g/mol. The Bertz CT molecular complexity index is 443. The lowest BCUT2D eigenvalue weighted by molar-refractivity contribution is 0.0966. The number of amides is 3. The minimum Gasteiger partial charge on any atom is -0.494 e. The second-order valence-corrected chi connectivity index (χ2v) is 4.96. The molecule has 21 heavy (non-hydrogen) atoms. The zero-order valence-electron chi connectivity index (χ0n) is 12.6. The molecule has 3 N–H and O–H groups in total. The van der Waals surface area contributed by atoms with Gasteiger partial charge in [0.25, 0.3) is 5.91 Å². The van der Waals surface area contributed by atoms with E-state index in [9.17, 15) is 9.59 Å². The highest BCUT2D eigenvalue weighted by Crippen LogP contribution is 2.13. The van der Waals surface area contributed by atoms with Crippen molar-refractivity contribution in [1.29, 1.82) is 0 Å². The van der Waals surface area contributed by atoms with Gasteiger partial charge in [0.2, 0.25) is 0 Å². The highest BCUT2D eigenvalue weighted by Gasteiger charge is 2.07. The summed E-state index contributed by atoms with van der Waals surface area (Å²) in [6.45, 7) is 2.88. The fourth-order valence-corrected chi connectivity index (χ4v) is 1.96. The molecule has 0 aliphatic rings. The number of imide groups is 1. The topological polar surface area (TPSA) is 81.4 Å². The first-order valence-corrected chi connectivity index (χ1v) is 7.47. The second-order valence-electron chi connectivity index (χ2n) is 4.96. The second kappa shape index (κ2) is 9.80. The van der Waals surface area contributed by atoms with Crippen molar-refractivity contribution >= 4 is 11.9 Å². The van der Waals surface area contributed by atoms with Crippen LogP contribution in [-0.4, -0.2) is 18.5 Å². The molecule has 0 saturated heterocycles. The summed E-state index contributed by atoms with van der Waals surface area (Å²) in [5.74, 6) is 0.212. The number of benzene rings is 1. The zero-order valence-corrected chi connectivity index (χ0v) is 12.6. The van der Waals surface area contributed by atoms with Crippen LogP contribution in [0.5, 0.6) is 5.75 Å². The van der Waals surface area contributed by atoms with Crippen LogP contribution >= 0.6 is 0 Å². The Labute approximate surface area is 125 Å². The summed E-state index contributed by atoms with van der Waals surface area (Å²) in [7, 11) is 0. The third-order valence-corrected chi connectivity index (χ3v) is 3.12. The van der Waals surface area contributed by atoms with Crippen LogP contribution in [0, 0.1) is 0 Å². The lowest BCUT2D eigenvalue weighted by atomic mass is 10.1. The van der Waals surface area contributed by atoms with E-state index in [0.29, 0.717) is 12.2 Å². The maximum atomic E-state index is 11.5. The number of carbonyl (C=O) groups excluding carboxylic acids is 2. The van der Waals surface area contributed by atoms with E-state index >= 15 is 0 Å². The third kappa shape index (κ3) is 7.34. The molecule has 0 spiro atoms. The van der Waals surface area contributed by atoms with Crippen molar-refractivity contribution in [1.82, 2.24) is 5.32 Å². The largest absolute Gasteiger partial charge is 0.494 e. The average Bonchev–Trinajstić information content (AvgIpc) is 2.46. The first kappa shape index (κ1) is 17.0.